The first kappa shape index (κ1) is 19.7. The Morgan fingerprint density at radius 3 is 1.35 bits per heavy atom. The average Bonchev–Trinajstić information content (AvgIpc) is 2.36. The normalized spacial score (nSPS) is 19.6. The fourth-order valence-corrected chi connectivity index (χ4v) is 6.06. The Morgan fingerprint density at radius 1 is 0.750 bits per heavy atom. The van der Waals surface area contributed by atoms with Crippen molar-refractivity contribution >= 4 is 19.7 Å². The Balaban J connectivity index is 5.70. The van der Waals surface area contributed by atoms with Gasteiger partial charge in [0.1, 0.15) is 18.3 Å². The van der Waals surface area contributed by atoms with Crippen LogP contribution in [-0.4, -0.2) is 77.8 Å². The summed E-state index contributed by atoms with van der Waals surface area (Å²) >= 11 is 0. The average molecular weight is 334 g/mol. The molecule has 0 aromatic carbocycles. The van der Waals surface area contributed by atoms with Gasteiger partial charge in [0.05, 0.1) is 6.10 Å². The van der Waals surface area contributed by atoms with Gasteiger partial charge in [-0.3, -0.25) is 0 Å². The summed E-state index contributed by atoms with van der Waals surface area (Å²) in [5, 5.41) is 38.1. The van der Waals surface area contributed by atoms with Crippen LogP contribution in [0.1, 0.15) is 20.8 Å². The fraction of sp³-hybridized carbons (Fsp3) is 1.00. The molecule has 0 aliphatic carbocycles. The third-order valence-corrected chi connectivity index (χ3v) is 8.33. The zero-order chi connectivity index (χ0) is 16.3. The highest BCUT2D eigenvalue weighted by Gasteiger charge is 2.46. The summed E-state index contributed by atoms with van der Waals surface area (Å²) in [5.41, 5.74) is 0. The summed E-state index contributed by atoms with van der Waals surface area (Å²) in [4.78, 5) is 0. The largest absolute Gasteiger partial charge is 0.391 e. The lowest BCUT2D eigenvalue weighted by molar-refractivity contribution is -0.0960. The van der Waals surface area contributed by atoms with Crippen LogP contribution >= 0.6 is 0 Å². The molecule has 8 nitrogen and oxygen atoms in total. The minimum absolute atomic E-state index is 0.550. The van der Waals surface area contributed by atoms with Crippen molar-refractivity contribution in [1.29, 1.82) is 0 Å². The lowest BCUT2D eigenvalue weighted by Crippen LogP contribution is -2.53. The van der Waals surface area contributed by atoms with E-state index in [9.17, 15) is 32.2 Å². The Bertz CT molecular complexity index is 461. The van der Waals surface area contributed by atoms with E-state index in [2.05, 4.69) is 0 Å². The van der Waals surface area contributed by atoms with E-state index in [0.717, 1.165) is 6.92 Å². The number of hydrogen-bond acceptors (Lipinski definition) is 8. The first-order valence-electron chi connectivity index (χ1n) is 6.07. The van der Waals surface area contributed by atoms with Gasteiger partial charge in [0, 0.05) is 11.5 Å². The molecule has 4 atom stereocenters. The van der Waals surface area contributed by atoms with Crippen molar-refractivity contribution in [2.24, 2.45) is 0 Å². The highest BCUT2D eigenvalue weighted by Crippen LogP contribution is 2.21. The van der Waals surface area contributed by atoms with Gasteiger partial charge in [-0.15, -0.1) is 0 Å². The van der Waals surface area contributed by atoms with Crippen molar-refractivity contribution in [2.45, 2.75) is 49.8 Å². The Kier molecular flexibility index (Phi) is 7.05. The van der Waals surface area contributed by atoms with Gasteiger partial charge in [0.25, 0.3) is 0 Å². The Morgan fingerprint density at radius 2 is 1.10 bits per heavy atom. The van der Waals surface area contributed by atoms with Crippen LogP contribution in [0.3, 0.4) is 0 Å². The van der Waals surface area contributed by atoms with Crippen molar-refractivity contribution in [3.05, 3.63) is 0 Å². The zero-order valence-corrected chi connectivity index (χ0v) is 13.2. The van der Waals surface area contributed by atoms with Gasteiger partial charge < -0.3 is 20.4 Å². The van der Waals surface area contributed by atoms with E-state index < -0.39 is 60.2 Å². The minimum atomic E-state index is -4.22. The molecule has 0 spiro atoms. The maximum atomic E-state index is 11.8. The third-order valence-electron chi connectivity index (χ3n) is 2.99. The van der Waals surface area contributed by atoms with Crippen LogP contribution < -0.4 is 0 Å². The van der Waals surface area contributed by atoms with Gasteiger partial charge in [-0.1, -0.05) is 13.8 Å². The summed E-state index contributed by atoms with van der Waals surface area (Å²) in [5.74, 6) is -1.10. The molecule has 0 aromatic rings. The quantitative estimate of drug-likeness (QED) is 0.385. The van der Waals surface area contributed by atoms with Crippen LogP contribution in [0.15, 0.2) is 0 Å². The molecule has 4 N–H and O–H groups in total. The number of aliphatic hydroxyl groups excluding tert-OH is 4. The molecule has 0 rings (SSSR count). The van der Waals surface area contributed by atoms with Gasteiger partial charge in [0.15, 0.2) is 24.3 Å². The molecular weight excluding hydrogens is 312 g/mol. The number of hydrogen-bond donors (Lipinski definition) is 4. The monoisotopic (exact) mass is 334 g/mol. The van der Waals surface area contributed by atoms with Crippen LogP contribution in [0, 0.1) is 0 Å². The summed E-state index contributed by atoms with van der Waals surface area (Å²) in [7, 11) is -8.45. The van der Waals surface area contributed by atoms with Crippen LogP contribution in [0.5, 0.6) is 0 Å². The molecule has 0 aromatic heterocycles. The summed E-state index contributed by atoms with van der Waals surface area (Å²) < 4.78 is 45.2. The molecule has 0 heterocycles. The lowest BCUT2D eigenvalue weighted by atomic mass is 10.1. The van der Waals surface area contributed by atoms with E-state index in [1.54, 1.807) is 0 Å². The van der Waals surface area contributed by atoms with Crippen molar-refractivity contribution in [3.8, 4) is 0 Å². The van der Waals surface area contributed by atoms with E-state index in [0.29, 0.717) is 0 Å². The van der Waals surface area contributed by atoms with Crippen LogP contribution in [-0.2, 0) is 19.7 Å². The van der Waals surface area contributed by atoms with E-state index >= 15 is 0 Å². The molecule has 0 aliphatic rings. The summed E-state index contributed by atoms with van der Waals surface area (Å²) in [6.45, 7) is 3.52. The minimum Gasteiger partial charge on any atom is -0.391 e. The maximum Gasteiger partial charge on any atom is 0.191 e. The van der Waals surface area contributed by atoms with Crippen molar-refractivity contribution in [2.75, 3.05) is 11.5 Å². The van der Waals surface area contributed by atoms with Crippen molar-refractivity contribution in [3.63, 3.8) is 0 Å². The number of aliphatic hydroxyl groups is 4. The van der Waals surface area contributed by atoms with E-state index in [4.69, 9.17) is 5.11 Å². The molecule has 20 heavy (non-hydrogen) atoms. The first-order chi connectivity index (χ1) is 8.92. The van der Waals surface area contributed by atoms with Crippen LogP contribution in [0.25, 0.3) is 0 Å². The molecule has 0 fully saturated rings. The number of sulfone groups is 2. The molecule has 0 aliphatic heterocycles. The topological polar surface area (TPSA) is 149 Å². The second-order valence-corrected chi connectivity index (χ2v) is 9.60. The zero-order valence-electron chi connectivity index (χ0n) is 11.5. The van der Waals surface area contributed by atoms with Gasteiger partial charge in [-0.2, -0.15) is 0 Å². The fourth-order valence-electron chi connectivity index (χ4n) is 1.63. The standard InChI is InChI=1S/C10H22O8S2/c1-4-19(15,16)10(20(17,18)5-2)9(14)8(13)7(12)6(3)11/h6-14H,4-5H2,1-3H3/t6-,7-,8+,9+/m1/s1. The SMILES string of the molecule is CCS(=O)(=O)C([C@@H](O)[C@@H](O)[C@H](O)[C@@H](C)O)S(=O)(=O)CC. The Labute approximate surface area is 118 Å². The molecule has 0 amide bonds. The van der Waals surface area contributed by atoms with Crippen LogP contribution in [0.4, 0.5) is 0 Å². The maximum absolute atomic E-state index is 11.8. The highest BCUT2D eigenvalue weighted by atomic mass is 32.3. The second-order valence-electron chi connectivity index (χ2n) is 4.48. The van der Waals surface area contributed by atoms with Gasteiger partial charge >= 0.3 is 0 Å². The Hall–Kier alpha value is -0.260. The lowest BCUT2D eigenvalue weighted by Gasteiger charge is -2.29. The second kappa shape index (κ2) is 7.14. The molecule has 0 saturated carbocycles. The van der Waals surface area contributed by atoms with Crippen molar-refractivity contribution in [1.82, 2.24) is 0 Å². The molecule has 0 unspecified atom stereocenters. The molecule has 0 saturated heterocycles. The number of rotatable bonds is 8. The molecule has 0 bridgehead atoms. The van der Waals surface area contributed by atoms with Crippen LogP contribution in [0.2, 0.25) is 0 Å². The van der Waals surface area contributed by atoms with Crippen molar-refractivity contribution < 1.29 is 37.3 Å². The smallest absolute Gasteiger partial charge is 0.191 e. The van der Waals surface area contributed by atoms with E-state index in [1.807, 2.05) is 0 Å². The third kappa shape index (κ3) is 4.37. The van der Waals surface area contributed by atoms with Gasteiger partial charge in [-0.25, -0.2) is 16.8 Å². The van der Waals surface area contributed by atoms with Gasteiger partial charge in [-0.05, 0) is 6.92 Å². The predicted molar refractivity (Wildman–Crippen MR) is 72.4 cm³/mol. The predicted octanol–water partition coefficient (Wildman–Crippen LogP) is -2.35. The molecule has 10 heteroatoms. The molecular formula is C10H22O8S2. The summed E-state index contributed by atoms with van der Waals surface area (Å²) in [6.07, 6.45) is -7.70. The van der Waals surface area contributed by atoms with E-state index in [1.165, 1.54) is 13.8 Å². The van der Waals surface area contributed by atoms with Gasteiger partial charge in [0.2, 0.25) is 0 Å². The molecule has 122 valence electrons. The first-order valence-corrected chi connectivity index (χ1v) is 9.50. The molecule has 0 radical (unpaired) electrons. The van der Waals surface area contributed by atoms with E-state index in [-0.39, 0.29) is 0 Å². The highest BCUT2D eigenvalue weighted by molar-refractivity contribution is 8.09. The summed E-state index contributed by atoms with van der Waals surface area (Å²) in [6, 6.07) is 0.